The Balaban J connectivity index is 0.000000148. The summed E-state index contributed by atoms with van der Waals surface area (Å²) in [6.45, 7) is 1.09. The van der Waals surface area contributed by atoms with Gasteiger partial charge in [-0.05, 0) is 23.3 Å². The first-order valence-corrected chi connectivity index (χ1v) is 11.4. The summed E-state index contributed by atoms with van der Waals surface area (Å²) in [7, 11) is 1.17. The molecule has 38 heavy (non-hydrogen) atoms. The van der Waals surface area contributed by atoms with Crippen LogP contribution in [0.4, 0.5) is 4.39 Å². The maximum atomic E-state index is 12.4. The van der Waals surface area contributed by atoms with Crippen molar-refractivity contribution in [3.8, 4) is 23.2 Å². The molecule has 190 valence electrons. The van der Waals surface area contributed by atoms with Crippen LogP contribution in [0.25, 0.3) is 11.4 Å². The van der Waals surface area contributed by atoms with Gasteiger partial charge in [0.15, 0.2) is 5.69 Å². The first-order valence-electron chi connectivity index (χ1n) is 11.4. The van der Waals surface area contributed by atoms with Gasteiger partial charge >= 0.3 is 5.97 Å². The molecule has 0 unspecified atom stereocenters. The van der Waals surface area contributed by atoms with Crippen LogP contribution in [0.1, 0.15) is 32.7 Å². The van der Waals surface area contributed by atoms with Gasteiger partial charge in [0.05, 0.1) is 25.8 Å². The number of ether oxygens (including phenoxy) is 1. The minimum atomic E-state index is -0.831. The number of carbonyl (C=O) groups is 1. The zero-order chi connectivity index (χ0) is 27.2. The van der Waals surface area contributed by atoms with E-state index in [0.29, 0.717) is 18.2 Å². The first-order chi connectivity index (χ1) is 18.3. The number of carbonyl (C=O) groups excluding carboxylic acids is 1. The third-order valence-electron chi connectivity index (χ3n) is 5.82. The molecule has 0 saturated heterocycles. The zero-order valence-electron chi connectivity index (χ0n) is 20.3. The van der Waals surface area contributed by atoms with Crippen molar-refractivity contribution in [3.05, 3.63) is 117 Å². The quantitative estimate of drug-likeness (QED) is 0.328. The number of aliphatic imine (C=N–C) groups is 1. The molecule has 1 aromatic heterocycles. The van der Waals surface area contributed by atoms with Crippen LogP contribution in [-0.4, -0.2) is 33.6 Å². The minimum Gasteiger partial charge on any atom is -0.501 e. The Morgan fingerprint density at radius 1 is 1.05 bits per heavy atom. The molecule has 2 aliphatic heterocycles. The second kappa shape index (κ2) is 11.2. The van der Waals surface area contributed by atoms with Gasteiger partial charge in [0.25, 0.3) is 5.56 Å². The maximum absolute atomic E-state index is 12.4. The number of benzene rings is 3. The summed E-state index contributed by atoms with van der Waals surface area (Å²) < 4.78 is 18.2. The topological polar surface area (TPSA) is 144 Å². The molecule has 0 fully saturated rings. The highest BCUT2D eigenvalue weighted by atomic mass is 19.1. The number of esters is 1. The highest BCUT2D eigenvalue weighted by Gasteiger charge is 2.27. The minimum absolute atomic E-state index is 0.0949. The Kier molecular flexibility index (Phi) is 7.58. The van der Waals surface area contributed by atoms with Gasteiger partial charge in [-0.25, -0.2) is 14.2 Å². The number of methoxy groups -OCH3 is 1. The predicted octanol–water partition coefficient (Wildman–Crippen LogP) is 3.37. The van der Waals surface area contributed by atoms with Crippen molar-refractivity contribution in [3.63, 3.8) is 0 Å². The Bertz CT molecular complexity index is 1660. The van der Waals surface area contributed by atoms with E-state index in [1.165, 1.54) is 29.4 Å². The summed E-state index contributed by atoms with van der Waals surface area (Å²) in [6, 6.07) is 23.0. The average molecular weight is 512 g/mol. The van der Waals surface area contributed by atoms with E-state index < -0.39 is 23.1 Å². The molecule has 3 heterocycles. The third kappa shape index (κ3) is 5.12. The smallest absolute Gasteiger partial charge is 0.360 e. The summed E-state index contributed by atoms with van der Waals surface area (Å²) in [5.41, 5.74) is 8.74. The van der Waals surface area contributed by atoms with Crippen LogP contribution in [0.5, 0.6) is 5.75 Å². The number of halogens is 1. The van der Waals surface area contributed by atoms with Gasteiger partial charge in [-0.1, -0.05) is 60.7 Å². The van der Waals surface area contributed by atoms with Gasteiger partial charge in [0.2, 0.25) is 5.75 Å². The third-order valence-corrected chi connectivity index (χ3v) is 5.82. The molecule has 6 rings (SSSR count). The summed E-state index contributed by atoms with van der Waals surface area (Å²) >= 11 is 0. The highest BCUT2D eigenvalue weighted by Crippen LogP contribution is 2.30. The van der Waals surface area contributed by atoms with Crippen molar-refractivity contribution < 1.29 is 19.0 Å². The normalized spacial score (nSPS) is 11.8. The fraction of sp³-hybridized carbons (Fsp3) is 0.107. The molecule has 0 aliphatic carbocycles. The van der Waals surface area contributed by atoms with Crippen LogP contribution in [0.3, 0.4) is 0 Å². The number of hydrogen-bond donors (Lipinski definition) is 2. The highest BCUT2D eigenvalue weighted by molar-refractivity contribution is 6.00. The van der Waals surface area contributed by atoms with E-state index in [4.69, 9.17) is 11.0 Å². The number of aromatic nitrogens is 2. The van der Waals surface area contributed by atoms with E-state index in [9.17, 15) is 19.1 Å². The standard InChI is InChI=1S/C13H10N2O4.C8H8N2.C7H4FN/c1-19-13(18)9-10(16)12(17)15-6-7-4-2-3-5-8(7)11(15)14-9;9-8-7-4-2-1-3-6(7)5-10-8;8-7-4-2-1-3-6(7)5-9/h2-5,16H,6H2,1H3;1-4H,5H2,(H2,9,10);1-4H. The van der Waals surface area contributed by atoms with Crippen molar-refractivity contribution in [1.82, 2.24) is 9.55 Å². The SMILES string of the molecule is COC(=O)c1nc2n(c(=O)c1O)Cc1ccccc1-2.N#Cc1ccccc1F.NC1=NCc2ccccc21. The van der Waals surface area contributed by atoms with Crippen molar-refractivity contribution in [1.29, 1.82) is 5.26 Å². The van der Waals surface area contributed by atoms with E-state index in [1.54, 1.807) is 18.2 Å². The fourth-order valence-electron chi connectivity index (χ4n) is 3.90. The average Bonchev–Trinajstić information content (AvgIpc) is 3.52. The first kappa shape index (κ1) is 25.8. The van der Waals surface area contributed by atoms with E-state index >= 15 is 0 Å². The summed E-state index contributed by atoms with van der Waals surface area (Å²) in [5, 5.41) is 18.0. The number of aromatic hydroxyl groups is 1. The van der Waals surface area contributed by atoms with Gasteiger partial charge in [0.1, 0.15) is 23.5 Å². The zero-order valence-corrected chi connectivity index (χ0v) is 20.3. The van der Waals surface area contributed by atoms with Crippen LogP contribution in [0.15, 0.2) is 82.6 Å². The lowest BCUT2D eigenvalue weighted by molar-refractivity contribution is 0.0589. The molecule has 0 amide bonds. The van der Waals surface area contributed by atoms with Gasteiger partial charge in [0, 0.05) is 11.1 Å². The Morgan fingerprint density at radius 3 is 2.32 bits per heavy atom. The lowest BCUT2D eigenvalue weighted by Crippen LogP contribution is -2.23. The largest absolute Gasteiger partial charge is 0.501 e. The van der Waals surface area contributed by atoms with Crippen molar-refractivity contribution in [2.24, 2.45) is 10.7 Å². The molecule has 0 radical (unpaired) electrons. The Morgan fingerprint density at radius 2 is 1.68 bits per heavy atom. The number of nitrogens with zero attached hydrogens (tertiary/aromatic N) is 4. The molecule has 9 nitrogen and oxygen atoms in total. The van der Waals surface area contributed by atoms with E-state index in [-0.39, 0.29) is 11.3 Å². The molecule has 4 aromatic rings. The molecule has 0 saturated carbocycles. The van der Waals surface area contributed by atoms with Gasteiger partial charge in [-0.2, -0.15) is 5.26 Å². The maximum Gasteiger partial charge on any atom is 0.360 e. The molecule has 3 aromatic carbocycles. The number of rotatable bonds is 1. The molecule has 0 spiro atoms. The van der Waals surface area contributed by atoms with Gasteiger partial charge in [-0.3, -0.25) is 14.4 Å². The van der Waals surface area contributed by atoms with Crippen LogP contribution >= 0.6 is 0 Å². The second-order valence-electron chi connectivity index (χ2n) is 8.12. The molecule has 2 aliphatic rings. The van der Waals surface area contributed by atoms with E-state index in [1.807, 2.05) is 42.5 Å². The number of nitriles is 1. The second-order valence-corrected chi connectivity index (χ2v) is 8.12. The molecule has 3 N–H and O–H groups in total. The number of amidine groups is 1. The number of hydrogen-bond acceptors (Lipinski definition) is 8. The van der Waals surface area contributed by atoms with Crippen LogP contribution in [-0.2, 0) is 17.8 Å². The summed E-state index contributed by atoms with van der Waals surface area (Å²) in [5.74, 6) is -0.916. The predicted molar refractivity (Wildman–Crippen MR) is 138 cm³/mol. The van der Waals surface area contributed by atoms with Crippen LogP contribution in [0, 0.1) is 17.1 Å². The molecule has 0 atom stereocenters. The molecule has 10 heteroatoms. The van der Waals surface area contributed by atoms with Gasteiger partial charge in [-0.15, -0.1) is 0 Å². The number of nitrogens with two attached hydrogens (primary N) is 1. The van der Waals surface area contributed by atoms with E-state index in [0.717, 1.165) is 23.2 Å². The Labute approximate surface area is 216 Å². The van der Waals surface area contributed by atoms with Crippen LogP contribution in [0.2, 0.25) is 0 Å². The molecular formula is C28H22FN5O4. The summed E-state index contributed by atoms with van der Waals surface area (Å²) in [6.07, 6.45) is 0. The molecule has 0 bridgehead atoms. The lowest BCUT2D eigenvalue weighted by Gasteiger charge is -2.06. The van der Waals surface area contributed by atoms with Crippen LogP contribution < -0.4 is 11.3 Å². The van der Waals surface area contributed by atoms with Crippen molar-refractivity contribution in [2.75, 3.05) is 7.11 Å². The summed E-state index contributed by atoms with van der Waals surface area (Å²) in [4.78, 5) is 31.7. The van der Waals surface area contributed by atoms with E-state index in [2.05, 4.69) is 20.8 Å². The van der Waals surface area contributed by atoms with Crippen molar-refractivity contribution >= 4 is 11.8 Å². The van der Waals surface area contributed by atoms with Crippen molar-refractivity contribution in [2.45, 2.75) is 13.1 Å². The molecular weight excluding hydrogens is 489 g/mol. The number of fused-ring (bicyclic) bond motifs is 4. The lowest BCUT2D eigenvalue weighted by atomic mass is 10.1. The van der Waals surface area contributed by atoms with Gasteiger partial charge < -0.3 is 15.6 Å². The monoisotopic (exact) mass is 511 g/mol. The fourth-order valence-corrected chi connectivity index (χ4v) is 3.90. The Hall–Kier alpha value is -5.30.